The van der Waals surface area contributed by atoms with Gasteiger partial charge in [0.25, 0.3) is 0 Å². The van der Waals surface area contributed by atoms with Gasteiger partial charge in [0.2, 0.25) is 0 Å². The van der Waals surface area contributed by atoms with E-state index in [2.05, 4.69) is 20.9 Å². The molecule has 0 saturated heterocycles. The lowest BCUT2D eigenvalue weighted by Crippen LogP contribution is -2.04. The third-order valence-corrected chi connectivity index (χ3v) is 3.49. The number of aromatic nitrogens is 1. The highest BCUT2D eigenvalue weighted by atomic mass is 79.9. The molecule has 0 aliphatic carbocycles. The molecule has 0 saturated carbocycles. The molecule has 2 aromatic carbocycles. The molecule has 0 amide bonds. The van der Waals surface area contributed by atoms with Gasteiger partial charge >= 0.3 is 6.18 Å². The number of hydrogen-bond acceptors (Lipinski definition) is 2. The number of pyridine rings is 1. The second kappa shape index (κ2) is 7.66. The van der Waals surface area contributed by atoms with Gasteiger partial charge in [-0.25, -0.2) is 0 Å². The molecule has 1 aromatic heterocycles. The smallest absolute Gasteiger partial charge is 0.416 e. The van der Waals surface area contributed by atoms with Crippen LogP contribution in [0.4, 0.5) is 13.2 Å². The molecule has 0 atom stereocenters. The van der Waals surface area contributed by atoms with Gasteiger partial charge in [0.15, 0.2) is 0 Å². The maximum atomic E-state index is 12.8. The fourth-order valence-electron chi connectivity index (χ4n) is 2.06. The van der Waals surface area contributed by atoms with Crippen molar-refractivity contribution in [3.63, 3.8) is 0 Å². The lowest BCUT2D eigenvalue weighted by molar-refractivity contribution is -0.137. The van der Waals surface area contributed by atoms with Gasteiger partial charge in [-0.15, -0.1) is 0 Å². The van der Waals surface area contributed by atoms with Crippen molar-refractivity contribution >= 4 is 26.8 Å². The van der Waals surface area contributed by atoms with E-state index in [1.165, 1.54) is 12.1 Å². The van der Waals surface area contributed by atoms with Crippen LogP contribution in [0, 0.1) is 0 Å². The molecule has 24 heavy (non-hydrogen) atoms. The first-order valence-corrected chi connectivity index (χ1v) is 8.12. The summed E-state index contributed by atoms with van der Waals surface area (Å²) in [7, 11) is 0. The topological polar surface area (TPSA) is 22.1 Å². The van der Waals surface area contributed by atoms with Crippen molar-refractivity contribution < 1.29 is 17.9 Å². The van der Waals surface area contributed by atoms with E-state index in [1.54, 1.807) is 24.4 Å². The first kappa shape index (κ1) is 18.3. The van der Waals surface area contributed by atoms with Crippen LogP contribution in [0.5, 0.6) is 11.5 Å². The van der Waals surface area contributed by atoms with Gasteiger partial charge in [0, 0.05) is 16.1 Å². The molecule has 2 nitrogen and oxygen atoms in total. The molecule has 0 bridgehead atoms. The molecule has 0 fully saturated rings. The second-order valence-corrected chi connectivity index (χ2v) is 5.52. The van der Waals surface area contributed by atoms with Crippen molar-refractivity contribution in [1.29, 1.82) is 0 Å². The fourth-order valence-corrected chi connectivity index (χ4v) is 2.49. The zero-order chi connectivity index (χ0) is 17.7. The van der Waals surface area contributed by atoms with Crippen LogP contribution in [0.1, 0.15) is 19.4 Å². The van der Waals surface area contributed by atoms with Crippen molar-refractivity contribution in [2.24, 2.45) is 0 Å². The zero-order valence-electron chi connectivity index (χ0n) is 13.1. The van der Waals surface area contributed by atoms with Crippen LogP contribution in [-0.4, -0.2) is 4.98 Å². The number of fused-ring (bicyclic) bond motifs is 1. The van der Waals surface area contributed by atoms with E-state index in [4.69, 9.17) is 4.74 Å². The van der Waals surface area contributed by atoms with Gasteiger partial charge in [0.05, 0.1) is 11.1 Å². The van der Waals surface area contributed by atoms with E-state index in [1.807, 2.05) is 19.9 Å². The van der Waals surface area contributed by atoms with Crippen LogP contribution >= 0.6 is 15.9 Å². The third-order valence-electron chi connectivity index (χ3n) is 3.04. The molecule has 1 heterocycles. The van der Waals surface area contributed by atoms with E-state index in [0.717, 1.165) is 22.0 Å². The van der Waals surface area contributed by atoms with Crippen molar-refractivity contribution in [2.45, 2.75) is 20.0 Å². The lowest BCUT2D eigenvalue weighted by Gasteiger charge is -2.12. The number of halogens is 4. The predicted octanol–water partition coefficient (Wildman–Crippen LogP) is 6.83. The summed E-state index contributed by atoms with van der Waals surface area (Å²) in [5.74, 6) is 0.565. The predicted molar refractivity (Wildman–Crippen MR) is 92.3 cm³/mol. The summed E-state index contributed by atoms with van der Waals surface area (Å²) in [6, 6.07) is 11.8. The molecule has 6 heteroatoms. The van der Waals surface area contributed by atoms with E-state index < -0.39 is 11.7 Å². The van der Waals surface area contributed by atoms with Crippen molar-refractivity contribution in [3.8, 4) is 11.5 Å². The molecule has 0 aliphatic heterocycles. The number of alkyl halides is 3. The number of rotatable bonds is 2. The Morgan fingerprint density at radius 3 is 2.46 bits per heavy atom. The van der Waals surface area contributed by atoms with Crippen LogP contribution in [0.15, 0.2) is 59.2 Å². The fraction of sp³-hybridized carbons (Fsp3) is 0.167. The molecule has 3 rings (SSSR count). The standard InChI is InChI=1S/C16H9BrF3NO.C2H6/c17-11-8-14-13(5-2-6-21-14)15(9-11)22-12-4-1-3-10(7-12)16(18,19)20;1-2/h1-9H;1-2H3. The minimum Gasteiger partial charge on any atom is -0.457 e. The Hall–Kier alpha value is -2.08. The number of ether oxygens (including phenoxy) is 1. The van der Waals surface area contributed by atoms with E-state index >= 15 is 0 Å². The van der Waals surface area contributed by atoms with Gasteiger partial charge < -0.3 is 4.74 Å². The molecule has 0 aliphatic rings. The maximum absolute atomic E-state index is 12.8. The maximum Gasteiger partial charge on any atom is 0.416 e. The highest BCUT2D eigenvalue weighted by molar-refractivity contribution is 9.10. The third kappa shape index (κ3) is 4.26. The van der Waals surface area contributed by atoms with Crippen LogP contribution in [0.3, 0.4) is 0 Å². The average Bonchev–Trinajstić information content (AvgIpc) is 2.56. The molecule has 126 valence electrons. The van der Waals surface area contributed by atoms with Crippen LogP contribution in [0.2, 0.25) is 0 Å². The van der Waals surface area contributed by atoms with Gasteiger partial charge in [0.1, 0.15) is 11.5 Å². The summed E-state index contributed by atoms with van der Waals surface area (Å²) >= 11 is 3.34. The Morgan fingerprint density at radius 1 is 1.00 bits per heavy atom. The Morgan fingerprint density at radius 2 is 1.75 bits per heavy atom. The summed E-state index contributed by atoms with van der Waals surface area (Å²) < 4.78 is 44.6. The normalized spacial score (nSPS) is 10.9. The second-order valence-electron chi connectivity index (χ2n) is 4.60. The Kier molecular flexibility index (Phi) is 5.83. The largest absolute Gasteiger partial charge is 0.457 e. The van der Waals surface area contributed by atoms with Gasteiger partial charge in [-0.2, -0.15) is 13.2 Å². The summed E-state index contributed by atoms with van der Waals surface area (Å²) in [6.45, 7) is 4.00. The monoisotopic (exact) mass is 397 g/mol. The Bertz CT molecular complexity index is 834. The van der Waals surface area contributed by atoms with Crippen LogP contribution in [-0.2, 0) is 6.18 Å². The summed E-state index contributed by atoms with van der Waals surface area (Å²) in [5.41, 5.74) is -0.0544. The van der Waals surface area contributed by atoms with Gasteiger partial charge in [-0.1, -0.05) is 35.8 Å². The molecule has 0 unspecified atom stereocenters. The molecular formula is C18H15BrF3NO. The highest BCUT2D eigenvalue weighted by Gasteiger charge is 2.30. The van der Waals surface area contributed by atoms with Crippen LogP contribution < -0.4 is 4.74 Å². The van der Waals surface area contributed by atoms with Crippen molar-refractivity contribution in [2.75, 3.05) is 0 Å². The molecular weight excluding hydrogens is 383 g/mol. The highest BCUT2D eigenvalue weighted by Crippen LogP contribution is 2.35. The average molecular weight is 398 g/mol. The first-order chi connectivity index (χ1) is 11.4. The summed E-state index contributed by atoms with van der Waals surface area (Å²) in [6.07, 6.45) is -2.76. The minimum absolute atomic E-state index is 0.123. The Labute approximate surface area is 146 Å². The SMILES string of the molecule is CC.FC(F)(F)c1cccc(Oc2cc(Br)cc3ncccc23)c1. The van der Waals surface area contributed by atoms with Crippen molar-refractivity contribution in [1.82, 2.24) is 4.98 Å². The van der Waals surface area contributed by atoms with Gasteiger partial charge in [-0.3, -0.25) is 4.98 Å². The Balaban J connectivity index is 0.00000100. The lowest BCUT2D eigenvalue weighted by atomic mass is 10.2. The van der Waals surface area contributed by atoms with Crippen molar-refractivity contribution in [3.05, 3.63) is 64.8 Å². The van der Waals surface area contributed by atoms with E-state index in [0.29, 0.717) is 11.3 Å². The number of nitrogens with zero attached hydrogens (tertiary/aromatic N) is 1. The first-order valence-electron chi connectivity index (χ1n) is 7.33. The minimum atomic E-state index is -4.40. The quantitative estimate of drug-likeness (QED) is 0.472. The zero-order valence-corrected chi connectivity index (χ0v) is 14.6. The van der Waals surface area contributed by atoms with Gasteiger partial charge in [-0.05, 0) is 42.5 Å². The number of hydrogen-bond donors (Lipinski definition) is 0. The number of benzene rings is 2. The molecule has 0 spiro atoms. The van der Waals surface area contributed by atoms with Crippen LogP contribution in [0.25, 0.3) is 10.9 Å². The molecule has 0 N–H and O–H groups in total. The van der Waals surface area contributed by atoms with E-state index in [9.17, 15) is 13.2 Å². The summed E-state index contributed by atoms with van der Waals surface area (Å²) in [5, 5.41) is 0.725. The molecule has 0 radical (unpaired) electrons. The molecule has 3 aromatic rings. The summed E-state index contributed by atoms with van der Waals surface area (Å²) in [4.78, 5) is 4.21. The van der Waals surface area contributed by atoms with E-state index in [-0.39, 0.29) is 5.75 Å².